The van der Waals surface area contributed by atoms with Crippen molar-refractivity contribution in [3.05, 3.63) is 24.3 Å². The Hall–Kier alpha value is -1.16. The van der Waals surface area contributed by atoms with E-state index in [-0.39, 0.29) is 11.7 Å². The Morgan fingerprint density at radius 1 is 1.16 bits per heavy atom. The molecule has 0 saturated heterocycles. The molecule has 1 aliphatic carbocycles. The highest BCUT2D eigenvalue weighted by molar-refractivity contribution is 8.00. The standard InChI is InChI=1S/C15H21NO2S/c17-13-7-9-14(10-8-13)19-11-15(18)16-12-5-3-1-2-4-6-12/h7-10,12,17H,1-6,11H2,(H,16,18). The molecular formula is C15H21NO2S. The molecule has 2 rings (SSSR count). The number of benzene rings is 1. The molecule has 0 radical (unpaired) electrons. The average Bonchev–Trinajstić information content (AvgIpc) is 2.67. The van der Waals surface area contributed by atoms with E-state index in [4.69, 9.17) is 0 Å². The Morgan fingerprint density at radius 2 is 1.79 bits per heavy atom. The van der Waals surface area contributed by atoms with Gasteiger partial charge in [-0.2, -0.15) is 0 Å². The zero-order chi connectivity index (χ0) is 13.5. The summed E-state index contributed by atoms with van der Waals surface area (Å²) in [6.07, 6.45) is 7.31. The third-order valence-corrected chi connectivity index (χ3v) is 4.44. The number of thioether (sulfide) groups is 1. The molecule has 3 nitrogen and oxygen atoms in total. The van der Waals surface area contributed by atoms with Gasteiger partial charge in [-0.3, -0.25) is 4.79 Å². The quantitative estimate of drug-likeness (QED) is 0.656. The van der Waals surface area contributed by atoms with Gasteiger partial charge in [0.2, 0.25) is 5.91 Å². The van der Waals surface area contributed by atoms with Crippen LogP contribution in [0.4, 0.5) is 0 Å². The monoisotopic (exact) mass is 279 g/mol. The molecule has 0 spiro atoms. The van der Waals surface area contributed by atoms with E-state index in [2.05, 4.69) is 5.32 Å². The lowest BCUT2D eigenvalue weighted by atomic mass is 10.1. The Bertz CT molecular complexity index is 397. The van der Waals surface area contributed by atoms with Crippen LogP contribution >= 0.6 is 11.8 Å². The van der Waals surface area contributed by atoms with Crippen molar-refractivity contribution in [1.82, 2.24) is 5.32 Å². The van der Waals surface area contributed by atoms with Crippen molar-refractivity contribution in [3.8, 4) is 5.75 Å². The van der Waals surface area contributed by atoms with Gasteiger partial charge in [-0.1, -0.05) is 25.7 Å². The molecule has 1 aromatic carbocycles. The van der Waals surface area contributed by atoms with Gasteiger partial charge in [0.05, 0.1) is 5.75 Å². The van der Waals surface area contributed by atoms with Crippen LogP contribution < -0.4 is 5.32 Å². The first-order valence-electron chi connectivity index (χ1n) is 6.95. The molecule has 2 N–H and O–H groups in total. The second-order valence-corrected chi connectivity index (χ2v) is 6.09. The molecular weight excluding hydrogens is 258 g/mol. The minimum atomic E-state index is 0.116. The Labute approximate surface area is 118 Å². The van der Waals surface area contributed by atoms with E-state index in [1.54, 1.807) is 12.1 Å². The highest BCUT2D eigenvalue weighted by atomic mass is 32.2. The lowest BCUT2D eigenvalue weighted by molar-refractivity contribution is -0.119. The summed E-state index contributed by atoms with van der Waals surface area (Å²) in [5, 5.41) is 12.3. The van der Waals surface area contributed by atoms with E-state index in [9.17, 15) is 9.90 Å². The molecule has 104 valence electrons. The van der Waals surface area contributed by atoms with Crippen LogP contribution in [0.1, 0.15) is 38.5 Å². The normalized spacial score (nSPS) is 16.8. The summed E-state index contributed by atoms with van der Waals surface area (Å²) >= 11 is 1.51. The zero-order valence-electron chi connectivity index (χ0n) is 11.1. The summed E-state index contributed by atoms with van der Waals surface area (Å²) in [6, 6.07) is 7.32. The molecule has 0 heterocycles. The van der Waals surface area contributed by atoms with Crippen molar-refractivity contribution < 1.29 is 9.90 Å². The van der Waals surface area contributed by atoms with Crippen LogP contribution in [0.3, 0.4) is 0 Å². The topological polar surface area (TPSA) is 49.3 Å². The molecule has 1 aliphatic rings. The van der Waals surface area contributed by atoms with E-state index in [1.165, 1.54) is 37.4 Å². The van der Waals surface area contributed by atoms with Gasteiger partial charge in [0, 0.05) is 10.9 Å². The number of hydrogen-bond acceptors (Lipinski definition) is 3. The van der Waals surface area contributed by atoms with Crippen LogP contribution in [0.25, 0.3) is 0 Å². The van der Waals surface area contributed by atoms with Crippen molar-refractivity contribution in [2.24, 2.45) is 0 Å². The molecule has 1 amide bonds. The van der Waals surface area contributed by atoms with E-state index in [0.29, 0.717) is 11.8 Å². The van der Waals surface area contributed by atoms with Gasteiger partial charge in [-0.25, -0.2) is 0 Å². The maximum Gasteiger partial charge on any atom is 0.230 e. The number of hydrogen-bond donors (Lipinski definition) is 2. The Kier molecular flexibility index (Phi) is 5.58. The number of aromatic hydroxyl groups is 1. The fraction of sp³-hybridized carbons (Fsp3) is 0.533. The maximum absolute atomic E-state index is 11.9. The summed E-state index contributed by atoms with van der Waals surface area (Å²) in [7, 11) is 0. The first kappa shape index (κ1) is 14.3. The molecule has 0 aromatic heterocycles. The minimum Gasteiger partial charge on any atom is -0.508 e. The molecule has 0 unspecified atom stereocenters. The average molecular weight is 279 g/mol. The van der Waals surface area contributed by atoms with Crippen LogP contribution in [0, 0.1) is 0 Å². The third-order valence-electron chi connectivity index (χ3n) is 3.43. The van der Waals surface area contributed by atoms with Crippen LogP contribution in [-0.2, 0) is 4.79 Å². The van der Waals surface area contributed by atoms with Crippen LogP contribution in [0.5, 0.6) is 5.75 Å². The van der Waals surface area contributed by atoms with E-state index < -0.39 is 0 Å². The number of nitrogens with one attached hydrogen (secondary N) is 1. The largest absolute Gasteiger partial charge is 0.508 e. The van der Waals surface area contributed by atoms with Gasteiger partial charge in [-0.05, 0) is 37.1 Å². The number of phenolic OH excluding ortho intramolecular Hbond substituents is 1. The molecule has 0 atom stereocenters. The SMILES string of the molecule is O=C(CSc1ccc(O)cc1)NC1CCCCCC1. The van der Waals surface area contributed by atoms with Gasteiger partial charge >= 0.3 is 0 Å². The van der Waals surface area contributed by atoms with Crippen molar-refractivity contribution in [1.29, 1.82) is 0 Å². The Morgan fingerprint density at radius 3 is 2.42 bits per heavy atom. The third kappa shape index (κ3) is 5.15. The smallest absolute Gasteiger partial charge is 0.230 e. The molecule has 0 bridgehead atoms. The maximum atomic E-state index is 11.9. The first-order valence-corrected chi connectivity index (χ1v) is 7.94. The molecule has 0 aliphatic heterocycles. The van der Waals surface area contributed by atoms with Crippen molar-refractivity contribution in [3.63, 3.8) is 0 Å². The second-order valence-electron chi connectivity index (χ2n) is 5.04. The number of carbonyl (C=O) groups is 1. The molecule has 1 aromatic rings. The summed E-state index contributed by atoms with van der Waals surface area (Å²) in [5.74, 6) is 0.818. The lowest BCUT2D eigenvalue weighted by Crippen LogP contribution is -2.35. The molecule has 1 fully saturated rings. The number of carbonyl (C=O) groups excluding carboxylic acids is 1. The van der Waals surface area contributed by atoms with Gasteiger partial charge in [0.25, 0.3) is 0 Å². The fourth-order valence-corrected chi connectivity index (χ4v) is 3.09. The second kappa shape index (κ2) is 7.43. The lowest BCUT2D eigenvalue weighted by Gasteiger charge is -2.15. The van der Waals surface area contributed by atoms with Crippen LogP contribution in [0.15, 0.2) is 29.2 Å². The number of amides is 1. The number of phenols is 1. The van der Waals surface area contributed by atoms with Crippen LogP contribution in [0.2, 0.25) is 0 Å². The van der Waals surface area contributed by atoms with Crippen molar-refractivity contribution >= 4 is 17.7 Å². The van der Waals surface area contributed by atoms with E-state index in [1.807, 2.05) is 12.1 Å². The van der Waals surface area contributed by atoms with Gasteiger partial charge in [-0.15, -0.1) is 11.8 Å². The molecule has 19 heavy (non-hydrogen) atoms. The summed E-state index contributed by atoms with van der Waals surface area (Å²) in [6.45, 7) is 0. The van der Waals surface area contributed by atoms with Crippen molar-refractivity contribution in [2.75, 3.05) is 5.75 Å². The van der Waals surface area contributed by atoms with Gasteiger partial charge < -0.3 is 10.4 Å². The van der Waals surface area contributed by atoms with Gasteiger partial charge in [0.15, 0.2) is 0 Å². The summed E-state index contributed by atoms with van der Waals surface area (Å²) in [5.41, 5.74) is 0. The van der Waals surface area contributed by atoms with Crippen LogP contribution in [-0.4, -0.2) is 22.8 Å². The minimum absolute atomic E-state index is 0.116. The fourth-order valence-electron chi connectivity index (χ4n) is 2.38. The van der Waals surface area contributed by atoms with E-state index in [0.717, 1.165) is 17.7 Å². The summed E-state index contributed by atoms with van der Waals surface area (Å²) in [4.78, 5) is 12.9. The molecule has 4 heteroatoms. The van der Waals surface area contributed by atoms with E-state index >= 15 is 0 Å². The predicted molar refractivity (Wildman–Crippen MR) is 78.5 cm³/mol. The van der Waals surface area contributed by atoms with Gasteiger partial charge in [0.1, 0.15) is 5.75 Å². The predicted octanol–water partition coefficient (Wildman–Crippen LogP) is 3.32. The first-order chi connectivity index (χ1) is 9.24. The molecule has 1 saturated carbocycles. The van der Waals surface area contributed by atoms with Crippen molar-refractivity contribution in [2.45, 2.75) is 49.5 Å². The number of rotatable bonds is 4. The highest BCUT2D eigenvalue weighted by Gasteiger charge is 2.14. The Balaban J connectivity index is 1.73. The zero-order valence-corrected chi connectivity index (χ0v) is 11.9. The summed E-state index contributed by atoms with van der Waals surface area (Å²) < 4.78 is 0. The highest BCUT2D eigenvalue weighted by Crippen LogP contribution is 2.21.